The van der Waals surface area contributed by atoms with Crippen molar-refractivity contribution in [1.82, 2.24) is 0 Å². The minimum Gasteiger partial charge on any atom is -0.479 e. The Morgan fingerprint density at radius 2 is 1.56 bits per heavy atom. The van der Waals surface area contributed by atoms with Crippen molar-refractivity contribution >= 4 is 11.9 Å². The van der Waals surface area contributed by atoms with Crippen molar-refractivity contribution in [2.45, 2.75) is 171 Å². The highest BCUT2D eigenvalue weighted by atomic mass is 16.7. The van der Waals surface area contributed by atoms with Crippen LogP contribution in [-0.4, -0.2) is 129 Å². The molecule has 4 fully saturated rings. The summed E-state index contributed by atoms with van der Waals surface area (Å²) in [5, 5.41) is 63.7. The molecule has 14 heteroatoms. The summed E-state index contributed by atoms with van der Waals surface area (Å²) in [6.07, 6.45) is -6.98. The number of ether oxygens (including phenoxy) is 6. The molecule has 0 amide bonds. The van der Waals surface area contributed by atoms with Gasteiger partial charge in [0.15, 0.2) is 24.8 Å². The molecular formula is C38H58O14. The molecule has 1 aromatic carbocycles. The van der Waals surface area contributed by atoms with Crippen LogP contribution in [0.25, 0.3) is 0 Å². The number of carbonyl (C=O) groups excluding carboxylic acids is 1. The standard InChI is InChI=1S/C38H58O14/c1-3-4-14-23-17-11-18-25(32(23)52-37-31(43)30(42)28(40)21(2)47-37)49-38-34(51-36(46)24-15-9-6-10-16-24)33(29(41)27(20-39)50-38)48-26(35(44)45)19-22-12-7-5-8-13-22/h6,9-10,15-16,21-23,25-34,37-43H,3-5,7-8,11-14,17-20H2,1-2H3,(H,44,45)/t21?,23?,25-,26+,27?,28-,29+,30?,31?,32?,33?,34?,37+,38-/m1/s1. The highest BCUT2D eigenvalue weighted by Crippen LogP contribution is 2.39. The first kappa shape index (κ1) is 40.9. The van der Waals surface area contributed by atoms with E-state index < -0.39 is 98.3 Å². The van der Waals surface area contributed by atoms with Crippen LogP contribution in [0.1, 0.15) is 101 Å². The van der Waals surface area contributed by atoms with Gasteiger partial charge in [-0.1, -0.05) is 76.5 Å². The van der Waals surface area contributed by atoms with E-state index in [0.717, 1.165) is 64.2 Å². The number of carboxylic acid groups (broad SMARTS) is 1. The van der Waals surface area contributed by atoms with Crippen molar-refractivity contribution in [3.05, 3.63) is 35.9 Å². The molecule has 1 aromatic rings. The number of aliphatic carboxylic acids is 1. The number of aliphatic hydroxyl groups excluding tert-OH is 5. The molecule has 0 aromatic heterocycles. The van der Waals surface area contributed by atoms with Crippen LogP contribution in [0.3, 0.4) is 0 Å². The summed E-state index contributed by atoms with van der Waals surface area (Å²) < 4.78 is 37.2. The number of esters is 1. The second kappa shape index (κ2) is 19.4. The average Bonchev–Trinajstić information content (AvgIpc) is 3.15. The molecule has 2 saturated carbocycles. The third-order valence-corrected chi connectivity index (χ3v) is 11.2. The Bertz CT molecular complexity index is 1250. The number of carbonyl (C=O) groups is 2. The van der Waals surface area contributed by atoms with E-state index in [1.165, 1.54) is 0 Å². The lowest BCUT2D eigenvalue weighted by atomic mass is 9.81. The van der Waals surface area contributed by atoms with Crippen LogP contribution in [0.5, 0.6) is 0 Å². The zero-order valence-electron chi connectivity index (χ0n) is 30.2. The zero-order chi connectivity index (χ0) is 37.4. The maximum absolute atomic E-state index is 13.6. The molecule has 52 heavy (non-hydrogen) atoms. The third-order valence-electron chi connectivity index (χ3n) is 11.2. The van der Waals surface area contributed by atoms with E-state index in [2.05, 4.69) is 6.92 Å². The van der Waals surface area contributed by atoms with Crippen LogP contribution < -0.4 is 0 Å². The van der Waals surface area contributed by atoms with Crippen LogP contribution in [0.15, 0.2) is 30.3 Å². The molecule has 5 rings (SSSR count). The number of hydrogen-bond acceptors (Lipinski definition) is 13. The largest absolute Gasteiger partial charge is 0.479 e. The minimum atomic E-state index is -1.58. The van der Waals surface area contributed by atoms with E-state index in [0.29, 0.717) is 6.42 Å². The van der Waals surface area contributed by atoms with E-state index in [-0.39, 0.29) is 23.8 Å². The molecule has 2 aliphatic heterocycles. The first-order valence-corrected chi connectivity index (χ1v) is 19.1. The number of benzene rings is 1. The highest BCUT2D eigenvalue weighted by Gasteiger charge is 2.53. The molecule has 14 nitrogen and oxygen atoms in total. The van der Waals surface area contributed by atoms with Crippen molar-refractivity contribution in [3.63, 3.8) is 0 Å². The fraction of sp³-hybridized carbons (Fsp3) is 0.789. The second-order valence-electron chi connectivity index (χ2n) is 14.9. The Labute approximate surface area is 305 Å². The third kappa shape index (κ3) is 10.1. The maximum atomic E-state index is 13.6. The number of rotatable bonds is 15. The molecule has 0 bridgehead atoms. The van der Waals surface area contributed by atoms with Crippen LogP contribution in [-0.2, 0) is 33.2 Å². The smallest absolute Gasteiger partial charge is 0.338 e. The van der Waals surface area contributed by atoms with E-state index in [1.807, 2.05) is 0 Å². The topological polar surface area (TPSA) is 211 Å². The first-order valence-electron chi connectivity index (χ1n) is 19.1. The summed E-state index contributed by atoms with van der Waals surface area (Å²) >= 11 is 0. The fourth-order valence-corrected chi connectivity index (χ4v) is 8.11. The lowest BCUT2D eigenvalue weighted by Crippen LogP contribution is -2.64. The molecule has 0 radical (unpaired) electrons. The summed E-state index contributed by atoms with van der Waals surface area (Å²) in [7, 11) is 0. The van der Waals surface area contributed by atoms with Crippen molar-refractivity contribution in [1.29, 1.82) is 0 Å². The number of aliphatic hydroxyl groups is 5. The summed E-state index contributed by atoms with van der Waals surface area (Å²) in [6, 6.07) is 8.17. The van der Waals surface area contributed by atoms with Gasteiger partial charge >= 0.3 is 11.9 Å². The van der Waals surface area contributed by atoms with Crippen molar-refractivity contribution < 1.29 is 68.6 Å². The summed E-state index contributed by atoms with van der Waals surface area (Å²) in [5.74, 6) is -1.95. The van der Waals surface area contributed by atoms with Crippen LogP contribution in [0.4, 0.5) is 0 Å². The van der Waals surface area contributed by atoms with Gasteiger partial charge in [-0.25, -0.2) is 9.59 Å². The Kier molecular flexibility index (Phi) is 15.3. The van der Waals surface area contributed by atoms with Crippen molar-refractivity contribution in [2.24, 2.45) is 11.8 Å². The van der Waals surface area contributed by atoms with Crippen molar-refractivity contribution in [2.75, 3.05) is 6.61 Å². The van der Waals surface area contributed by atoms with Crippen LogP contribution in [0.2, 0.25) is 0 Å². The van der Waals surface area contributed by atoms with Crippen LogP contribution >= 0.6 is 0 Å². The van der Waals surface area contributed by atoms with Gasteiger partial charge in [0.2, 0.25) is 0 Å². The van der Waals surface area contributed by atoms with Gasteiger partial charge in [0.25, 0.3) is 0 Å². The number of unbranched alkanes of at least 4 members (excludes halogenated alkanes) is 1. The summed E-state index contributed by atoms with van der Waals surface area (Å²) in [4.78, 5) is 26.2. The molecule has 2 aliphatic carbocycles. The lowest BCUT2D eigenvalue weighted by Gasteiger charge is -2.48. The SMILES string of the molecule is CCCCC1CCC[C@@H](O[C@@H]2OC(CO)[C@H](O)C(O[C@@H](CC3CCCCC3)C(=O)O)C2OC(=O)c2ccccc2)C1O[C@@H]1OC(C)[C@@H](O)C(O)C1O. The Morgan fingerprint density at radius 3 is 2.23 bits per heavy atom. The van der Waals surface area contributed by atoms with Gasteiger partial charge in [0.1, 0.15) is 36.6 Å². The lowest BCUT2D eigenvalue weighted by molar-refractivity contribution is -0.348. The molecule has 294 valence electrons. The quantitative estimate of drug-likeness (QED) is 0.143. The summed E-state index contributed by atoms with van der Waals surface area (Å²) in [6.45, 7) is 2.98. The number of hydrogen-bond donors (Lipinski definition) is 6. The monoisotopic (exact) mass is 738 g/mol. The Morgan fingerprint density at radius 1 is 0.827 bits per heavy atom. The van der Waals surface area contributed by atoms with E-state index in [4.69, 9.17) is 28.4 Å². The van der Waals surface area contributed by atoms with Gasteiger partial charge in [0.05, 0.1) is 30.5 Å². The molecule has 6 N–H and O–H groups in total. The van der Waals surface area contributed by atoms with Gasteiger partial charge in [-0.05, 0) is 56.6 Å². The average molecular weight is 739 g/mol. The predicted octanol–water partition coefficient (Wildman–Crippen LogP) is 2.69. The van der Waals surface area contributed by atoms with E-state index in [1.54, 1.807) is 37.3 Å². The van der Waals surface area contributed by atoms with E-state index in [9.17, 15) is 40.2 Å². The number of carboxylic acids is 1. The van der Waals surface area contributed by atoms with Gasteiger partial charge in [-0.2, -0.15) is 0 Å². The molecule has 4 aliphatic rings. The Hall–Kier alpha value is -2.24. The first-order chi connectivity index (χ1) is 25.0. The highest BCUT2D eigenvalue weighted by molar-refractivity contribution is 5.89. The second-order valence-corrected chi connectivity index (χ2v) is 14.9. The minimum absolute atomic E-state index is 0.0686. The maximum Gasteiger partial charge on any atom is 0.338 e. The molecule has 2 saturated heterocycles. The molecule has 2 heterocycles. The summed E-state index contributed by atoms with van der Waals surface area (Å²) in [5.41, 5.74) is 0.201. The Balaban J connectivity index is 1.45. The van der Waals surface area contributed by atoms with E-state index >= 15 is 0 Å². The van der Waals surface area contributed by atoms with Crippen LogP contribution in [0, 0.1) is 11.8 Å². The molecule has 0 spiro atoms. The van der Waals surface area contributed by atoms with Gasteiger partial charge in [-0.15, -0.1) is 0 Å². The molecule has 14 atom stereocenters. The normalized spacial score (nSPS) is 38.0. The van der Waals surface area contributed by atoms with Gasteiger partial charge < -0.3 is 59.1 Å². The molecule has 8 unspecified atom stereocenters. The van der Waals surface area contributed by atoms with Crippen molar-refractivity contribution in [3.8, 4) is 0 Å². The van der Waals surface area contributed by atoms with Gasteiger partial charge in [0, 0.05) is 0 Å². The predicted molar refractivity (Wildman–Crippen MR) is 184 cm³/mol. The molecular weight excluding hydrogens is 680 g/mol. The fourth-order valence-electron chi connectivity index (χ4n) is 8.11. The zero-order valence-corrected chi connectivity index (χ0v) is 30.2. The van der Waals surface area contributed by atoms with Gasteiger partial charge in [-0.3, -0.25) is 0 Å².